The zero-order valence-corrected chi connectivity index (χ0v) is 14.6. The first-order valence-corrected chi connectivity index (χ1v) is 8.82. The number of aryl methyl sites for hydroxylation is 2. The van der Waals surface area contributed by atoms with Crippen LogP contribution in [0.15, 0.2) is 42.9 Å². The van der Waals surface area contributed by atoms with Gasteiger partial charge >= 0.3 is 0 Å². The highest BCUT2D eigenvalue weighted by Gasteiger charge is 2.19. The van der Waals surface area contributed by atoms with Crippen LogP contribution in [0.25, 0.3) is 22.6 Å². The Morgan fingerprint density at radius 1 is 1.19 bits per heavy atom. The number of fused-ring (bicyclic) bond motifs is 2. The molecule has 3 heterocycles. The lowest BCUT2D eigenvalue weighted by Crippen LogP contribution is -2.02. The topological polar surface area (TPSA) is 68.6 Å². The second-order valence-electron chi connectivity index (χ2n) is 6.66. The highest BCUT2D eigenvalue weighted by molar-refractivity contribution is 5.78. The monoisotopic (exact) mass is 345 g/mol. The van der Waals surface area contributed by atoms with E-state index in [2.05, 4.69) is 27.2 Å². The van der Waals surface area contributed by atoms with E-state index in [0.717, 1.165) is 46.7 Å². The molecule has 4 aromatic rings. The molecule has 6 nitrogen and oxygen atoms in total. The molecule has 1 aliphatic rings. The number of hydrogen-bond donors (Lipinski definition) is 1. The van der Waals surface area contributed by atoms with Crippen molar-refractivity contribution >= 4 is 11.2 Å². The van der Waals surface area contributed by atoms with Gasteiger partial charge in [0.15, 0.2) is 5.65 Å². The largest absolute Gasteiger partial charge is 0.496 e. The Balaban J connectivity index is 1.57. The lowest BCUT2D eigenvalue weighted by atomic mass is 10.0. The SMILES string of the molecule is COc1cc2c(cc1-c1nc3c(cnn3Cc3cccnc3)[nH]1)CCC2. The summed E-state index contributed by atoms with van der Waals surface area (Å²) in [4.78, 5) is 12.4. The summed E-state index contributed by atoms with van der Waals surface area (Å²) in [7, 11) is 1.72. The minimum atomic E-state index is 0.642. The van der Waals surface area contributed by atoms with Crippen LogP contribution in [0.1, 0.15) is 23.1 Å². The molecule has 1 aromatic carbocycles. The number of H-pyrrole nitrogens is 1. The summed E-state index contributed by atoms with van der Waals surface area (Å²) in [6.07, 6.45) is 8.91. The van der Waals surface area contributed by atoms with Crippen molar-refractivity contribution in [2.24, 2.45) is 0 Å². The number of ether oxygens (including phenoxy) is 1. The van der Waals surface area contributed by atoms with E-state index in [0.29, 0.717) is 6.54 Å². The van der Waals surface area contributed by atoms with Crippen LogP contribution < -0.4 is 4.74 Å². The Labute approximate surface area is 150 Å². The zero-order valence-electron chi connectivity index (χ0n) is 14.6. The fraction of sp³-hybridized carbons (Fsp3) is 0.250. The third-order valence-corrected chi connectivity index (χ3v) is 5.01. The molecule has 3 aromatic heterocycles. The molecule has 6 heteroatoms. The van der Waals surface area contributed by atoms with Crippen LogP contribution in [0.5, 0.6) is 5.75 Å². The van der Waals surface area contributed by atoms with E-state index < -0.39 is 0 Å². The van der Waals surface area contributed by atoms with Gasteiger partial charge in [-0.2, -0.15) is 5.10 Å². The maximum Gasteiger partial charge on any atom is 0.177 e. The van der Waals surface area contributed by atoms with Crippen LogP contribution in [0.3, 0.4) is 0 Å². The van der Waals surface area contributed by atoms with Gasteiger partial charge in [0.1, 0.15) is 17.1 Å². The number of benzene rings is 1. The molecular formula is C20H19N5O. The molecular weight excluding hydrogens is 326 g/mol. The van der Waals surface area contributed by atoms with E-state index >= 15 is 0 Å². The zero-order chi connectivity index (χ0) is 17.5. The van der Waals surface area contributed by atoms with Crippen molar-refractivity contribution in [3.63, 3.8) is 0 Å². The fourth-order valence-corrected chi connectivity index (χ4v) is 3.71. The minimum absolute atomic E-state index is 0.642. The maximum atomic E-state index is 5.63. The third kappa shape index (κ3) is 2.45. The van der Waals surface area contributed by atoms with Crippen molar-refractivity contribution in [3.05, 3.63) is 59.5 Å². The van der Waals surface area contributed by atoms with Crippen molar-refractivity contribution in [2.75, 3.05) is 7.11 Å². The van der Waals surface area contributed by atoms with E-state index in [1.807, 2.05) is 29.2 Å². The molecule has 0 atom stereocenters. The van der Waals surface area contributed by atoms with E-state index in [-0.39, 0.29) is 0 Å². The van der Waals surface area contributed by atoms with E-state index in [1.165, 1.54) is 17.5 Å². The number of methoxy groups -OCH3 is 1. The van der Waals surface area contributed by atoms with Crippen LogP contribution in [0.2, 0.25) is 0 Å². The van der Waals surface area contributed by atoms with Gasteiger partial charge in [0.25, 0.3) is 0 Å². The van der Waals surface area contributed by atoms with Gasteiger partial charge in [0, 0.05) is 12.4 Å². The molecule has 0 saturated carbocycles. The van der Waals surface area contributed by atoms with Crippen LogP contribution >= 0.6 is 0 Å². The highest BCUT2D eigenvalue weighted by atomic mass is 16.5. The predicted molar refractivity (Wildman–Crippen MR) is 99.2 cm³/mol. The molecule has 0 bridgehead atoms. The van der Waals surface area contributed by atoms with E-state index in [4.69, 9.17) is 9.72 Å². The lowest BCUT2D eigenvalue weighted by Gasteiger charge is -2.09. The van der Waals surface area contributed by atoms with Crippen LogP contribution in [-0.2, 0) is 19.4 Å². The molecule has 0 saturated heterocycles. The number of rotatable bonds is 4. The number of nitrogens with one attached hydrogen (secondary N) is 1. The second kappa shape index (κ2) is 5.98. The number of imidazole rings is 1. The first kappa shape index (κ1) is 15.1. The van der Waals surface area contributed by atoms with E-state index in [1.54, 1.807) is 13.3 Å². The fourth-order valence-electron chi connectivity index (χ4n) is 3.71. The molecule has 0 unspecified atom stereocenters. The number of pyridine rings is 1. The maximum absolute atomic E-state index is 5.63. The first-order valence-electron chi connectivity index (χ1n) is 8.82. The number of aromatic amines is 1. The smallest absolute Gasteiger partial charge is 0.177 e. The Morgan fingerprint density at radius 3 is 2.88 bits per heavy atom. The van der Waals surface area contributed by atoms with Gasteiger partial charge in [0.2, 0.25) is 0 Å². The molecule has 0 aliphatic heterocycles. The molecule has 5 rings (SSSR count). The highest BCUT2D eigenvalue weighted by Crippen LogP contribution is 2.35. The van der Waals surface area contributed by atoms with Gasteiger partial charge < -0.3 is 9.72 Å². The molecule has 0 fully saturated rings. The average molecular weight is 345 g/mol. The molecule has 1 N–H and O–H groups in total. The summed E-state index contributed by atoms with van der Waals surface area (Å²) in [6, 6.07) is 8.35. The Hall–Kier alpha value is -3.15. The molecule has 0 amide bonds. The number of nitrogens with zero attached hydrogens (tertiary/aromatic N) is 4. The molecule has 0 spiro atoms. The van der Waals surface area contributed by atoms with Gasteiger partial charge in [-0.3, -0.25) is 4.98 Å². The second-order valence-corrected chi connectivity index (χ2v) is 6.66. The summed E-state index contributed by atoms with van der Waals surface area (Å²) >= 11 is 0. The van der Waals surface area contributed by atoms with Gasteiger partial charge in [-0.15, -0.1) is 0 Å². The van der Waals surface area contributed by atoms with Gasteiger partial charge in [0.05, 0.1) is 25.4 Å². The van der Waals surface area contributed by atoms with Crippen molar-refractivity contribution in [2.45, 2.75) is 25.8 Å². The quantitative estimate of drug-likeness (QED) is 0.616. The third-order valence-electron chi connectivity index (χ3n) is 5.01. The van der Waals surface area contributed by atoms with Gasteiger partial charge in [-0.1, -0.05) is 6.07 Å². The summed E-state index contributed by atoms with van der Waals surface area (Å²) in [6.45, 7) is 0.642. The van der Waals surface area contributed by atoms with E-state index in [9.17, 15) is 0 Å². The van der Waals surface area contributed by atoms with Gasteiger partial charge in [-0.25, -0.2) is 9.67 Å². The summed E-state index contributed by atoms with van der Waals surface area (Å²) < 4.78 is 7.53. The van der Waals surface area contributed by atoms with Crippen molar-refractivity contribution in [3.8, 4) is 17.1 Å². The van der Waals surface area contributed by atoms with Crippen molar-refractivity contribution in [1.29, 1.82) is 0 Å². The Morgan fingerprint density at radius 2 is 2.08 bits per heavy atom. The Kier molecular flexibility index (Phi) is 3.48. The summed E-state index contributed by atoms with van der Waals surface area (Å²) in [5, 5.41) is 4.45. The molecule has 0 radical (unpaired) electrons. The summed E-state index contributed by atoms with van der Waals surface area (Å²) in [5.41, 5.74) is 6.66. The number of aromatic nitrogens is 5. The standard InChI is InChI=1S/C20H19N5O/c1-26-18-9-15-6-2-5-14(15)8-16(18)19-23-17-11-22-25(20(17)24-19)12-13-4-3-7-21-10-13/h3-4,7-11H,2,5-6,12H2,1H3,(H,23,24). The van der Waals surface area contributed by atoms with Crippen LogP contribution in [0.4, 0.5) is 0 Å². The number of hydrogen-bond acceptors (Lipinski definition) is 4. The first-order chi connectivity index (χ1) is 12.8. The minimum Gasteiger partial charge on any atom is -0.496 e. The molecule has 26 heavy (non-hydrogen) atoms. The van der Waals surface area contributed by atoms with Crippen LogP contribution in [-0.4, -0.2) is 31.8 Å². The Bertz CT molecular complexity index is 1080. The summed E-state index contributed by atoms with van der Waals surface area (Å²) in [5.74, 6) is 1.69. The average Bonchev–Trinajstić information content (AvgIpc) is 3.38. The van der Waals surface area contributed by atoms with Gasteiger partial charge in [-0.05, 0) is 54.2 Å². The molecule has 130 valence electrons. The van der Waals surface area contributed by atoms with Crippen LogP contribution in [0, 0.1) is 0 Å². The van der Waals surface area contributed by atoms with Crippen molar-refractivity contribution in [1.82, 2.24) is 24.7 Å². The lowest BCUT2D eigenvalue weighted by molar-refractivity contribution is 0.415. The predicted octanol–water partition coefficient (Wildman–Crippen LogP) is 3.37. The van der Waals surface area contributed by atoms with Crippen molar-refractivity contribution < 1.29 is 4.74 Å². The molecule has 1 aliphatic carbocycles. The normalized spacial score (nSPS) is 13.3.